The van der Waals surface area contributed by atoms with Crippen LogP contribution in [0.5, 0.6) is 0 Å². The van der Waals surface area contributed by atoms with Gasteiger partial charge in [-0.1, -0.05) is 13.3 Å². The van der Waals surface area contributed by atoms with Gasteiger partial charge in [0.05, 0.1) is 19.5 Å². The number of nitrogens with one attached hydrogen (secondary N) is 1. The first-order chi connectivity index (χ1) is 8.84. The molecular formula is C13H21NO4. The minimum atomic E-state index is -0.454. The predicted octanol–water partition coefficient (Wildman–Crippen LogP) is 1.84. The highest BCUT2D eigenvalue weighted by atomic mass is 16.6. The van der Waals surface area contributed by atoms with Crippen molar-refractivity contribution in [2.75, 3.05) is 32.9 Å². The maximum absolute atomic E-state index is 11.3. The number of esters is 1. The lowest BCUT2D eigenvalue weighted by Crippen LogP contribution is -2.21. The van der Waals surface area contributed by atoms with E-state index in [1.807, 2.05) is 0 Å². The van der Waals surface area contributed by atoms with Gasteiger partial charge in [0.2, 0.25) is 5.76 Å². The summed E-state index contributed by atoms with van der Waals surface area (Å²) < 4.78 is 15.2. The van der Waals surface area contributed by atoms with Gasteiger partial charge in [-0.05, 0) is 25.1 Å². The Morgan fingerprint density at radius 1 is 1.33 bits per heavy atom. The van der Waals surface area contributed by atoms with E-state index < -0.39 is 5.97 Å². The highest BCUT2D eigenvalue weighted by molar-refractivity contribution is 5.86. The molecule has 1 rings (SSSR count). The predicted molar refractivity (Wildman–Crippen MR) is 67.6 cm³/mol. The van der Waals surface area contributed by atoms with Crippen LogP contribution in [0, 0.1) is 0 Å². The van der Waals surface area contributed by atoms with Crippen LogP contribution in [0.1, 0.15) is 30.3 Å². The molecule has 0 aliphatic carbocycles. The van der Waals surface area contributed by atoms with Crippen LogP contribution in [0.2, 0.25) is 0 Å². The average molecular weight is 255 g/mol. The second-order valence-corrected chi connectivity index (χ2v) is 3.83. The SMILES string of the molecule is CCCCNCCOCCOC(=O)c1ccco1. The minimum absolute atomic E-state index is 0.219. The van der Waals surface area contributed by atoms with Crippen molar-refractivity contribution >= 4 is 5.97 Å². The Balaban J connectivity index is 1.88. The molecule has 1 N–H and O–H groups in total. The molecule has 0 aliphatic rings. The van der Waals surface area contributed by atoms with Crippen LogP contribution in [0.15, 0.2) is 22.8 Å². The van der Waals surface area contributed by atoms with E-state index in [1.54, 1.807) is 12.1 Å². The lowest BCUT2D eigenvalue weighted by Gasteiger charge is -2.06. The molecule has 5 heteroatoms. The molecule has 102 valence electrons. The van der Waals surface area contributed by atoms with Gasteiger partial charge in [0.15, 0.2) is 0 Å². The highest BCUT2D eigenvalue weighted by Gasteiger charge is 2.08. The number of rotatable bonds is 10. The smallest absolute Gasteiger partial charge is 0.374 e. The summed E-state index contributed by atoms with van der Waals surface area (Å²) in [7, 11) is 0. The number of hydrogen-bond acceptors (Lipinski definition) is 5. The largest absolute Gasteiger partial charge is 0.457 e. The summed E-state index contributed by atoms with van der Waals surface area (Å²) in [5.41, 5.74) is 0. The van der Waals surface area contributed by atoms with Gasteiger partial charge in [0.1, 0.15) is 6.61 Å². The molecule has 0 bridgehead atoms. The molecule has 0 unspecified atom stereocenters. The van der Waals surface area contributed by atoms with E-state index in [0.29, 0.717) is 13.2 Å². The summed E-state index contributed by atoms with van der Waals surface area (Å²) in [5, 5.41) is 3.26. The molecule has 0 aliphatic heterocycles. The van der Waals surface area contributed by atoms with Crippen LogP contribution in [-0.4, -0.2) is 38.9 Å². The zero-order valence-corrected chi connectivity index (χ0v) is 10.8. The molecule has 1 aromatic heterocycles. The summed E-state index contributed by atoms with van der Waals surface area (Å²) in [4.78, 5) is 11.3. The van der Waals surface area contributed by atoms with Gasteiger partial charge in [-0.2, -0.15) is 0 Å². The zero-order valence-electron chi connectivity index (χ0n) is 10.8. The fourth-order valence-electron chi connectivity index (χ4n) is 1.33. The molecular weight excluding hydrogens is 234 g/mol. The average Bonchev–Trinajstić information content (AvgIpc) is 2.90. The summed E-state index contributed by atoms with van der Waals surface area (Å²) in [5.74, 6) is -0.235. The maximum atomic E-state index is 11.3. The van der Waals surface area contributed by atoms with E-state index in [9.17, 15) is 4.79 Å². The number of ether oxygens (including phenoxy) is 2. The first-order valence-corrected chi connectivity index (χ1v) is 6.33. The quantitative estimate of drug-likeness (QED) is 0.510. The van der Waals surface area contributed by atoms with Crippen molar-refractivity contribution in [1.82, 2.24) is 5.32 Å². The summed E-state index contributed by atoms with van der Waals surface area (Å²) >= 11 is 0. The standard InChI is InChI=1S/C13H21NO4/c1-2-3-6-14-7-9-16-10-11-18-13(15)12-5-4-8-17-12/h4-5,8,14H,2-3,6-7,9-11H2,1H3. The Hall–Kier alpha value is -1.33. The van der Waals surface area contributed by atoms with Gasteiger partial charge in [-0.15, -0.1) is 0 Å². The zero-order chi connectivity index (χ0) is 13.1. The van der Waals surface area contributed by atoms with Crippen molar-refractivity contribution in [2.45, 2.75) is 19.8 Å². The van der Waals surface area contributed by atoms with E-state index >= 15 is 0 Å². The number of carbonyl (C=O) groups excluding carboxylic acids is 1. The first-order valence-electron chi connectivity index (χ1n) is 6.33. The van der Waals surface area contributed by atoms with Crippen molar-refractivity contribution in [2.24, 2.45) is 0 Å². The third-order valence-electron chi connectivity index (χ3n) is 2.31. The van der Waals surface area contributed by atoms with Crippen molar-refractivity contribution in [3.8, 4) is 0 Å². The van der Waals surface area contributed by atoms with Crippen molar-refractivity contribution in [3.05, 3.63) is 24.2 Å². The molecule has 0 atom stereocenters. The lowest BCUT2D eigenvalue weighted by atomic mass is 10.3. The highest BCUT2D eigenvalue weighted by Crippen LogP contribution is 2.01. The van der Waals surface area contributed by atoms with E-state index in [0.717, 1.165) is 13.1 Å². The van der Waals surface area contributed by atoms with Crippen molar-refractivity contribution in [1.29, 1.82) is 0 Å². The third-order valence-corrected chi connectivity index (χ3v) is 2.31. The number of hydrogen-bond donors (Lipinski definition) is 1. The van der Waals surface area contributed by atoms with Crippen LogP contribution < -0.4 is 5.32 Å². The normalized spacial score (nSPS) is 10.5. The van der Waals surface area contributed by atoms with E-state index in [4.69, 9.17) is 13.9 Å². The molecule has 18 heavy (non-hydrogen) atoms. The second-order valence-electron chi connectivity index (χ2n) is 3.83. The number of unbranched alkanes of at least 4 members (excludes halogenated alkanes) is 1. The van der Waals surface area contributed by atoms with Crippen LogP contribution in [0.3, 0.4) is 0 Å². The molecule has 1 heterocycles. The fraction of sp³-hybridized carbons (Fsp3) is 0.615. The fourth-order valence-corrected chi connectivity index (χ4v) is 1.33. The Kier molecular flexibility index (Phi) is 7.92. The Morgan fingerprint density at radius 2 is 2.22 bits per heavy atom. The minimum Gasteiger partial charge on any atom is -0.457 e. The molecule has 0 aromatic carbocycles. The molecule has 0 fully saturated rings. The van der Waals surface area contributed by atoms with Gasteiger partial charge in [0, 0.05) is 6.54 Å². The van der Waals surface area contributed by atoms with E-state index in [-0.39, 0.29) is 12.4 Å². The first kappa shape index (κ1) is 14.7. The maximum Gasteiger partial charge on any atom is 0.374 e. The Labute approximate surface area is 107 Å². The monoisotopic (exact) mass is 255 g/mol. The van der Waals surface area contributed by atoms with Crippen LogP contribution >= 0.6 is 0 Å². The molecule has 0 radical (unpaired) electrons. The van der Waals surface area contributed by atoms with E-state index in [2.05, 4.69) is 12.2 Å². The van der Waals surface area contributed by atoms with Crippen LogP contribution in [0.4, 0.5) is 0 Å². The van der Waals surface area contributed by atoms with Crippen LogP contribution in [0.25, 0.3) is 0 Å². The molecule has 0 amide bonds. The van der Waals surface area contributed by atoms with Gasteiger partial charge < -0.3 is 19.2 Å². The summed E-state index contributed by atoms with van der Waals surface area (Å²) in [6.07, 6.45) is 3.81. The molecule has 0 saturated carbocycles. The van der Waals surface area contributed by atoms with Gasteiger partial charge >= 0.3 is 5.97 Å². The number of furan rings is 1. The second kappa shape index (κ2) is 9.67. The summed E-state index contributed by atoms with van der Waals surface area (Å²) in [6, 6.07) is 3.22. The summed E-state index contributed by atoms with van der Waals surface area (Å²) in [6.45, 7) is 5.28. The van der Waals surface area contributed by atoms with Gasteiger partial charge in [0.25, 0.3) is 0 Å². The van der Waals surface area contributed by atoms with Gasteiger partial charge in [-0.3, -0.25) is 0 Å². The molecule has 5 nitrogen and oxygen atoms in total. The Bertz CT molecular complexity index is 311. The number of carbonyl (C=O) groups is 1. The van der Waals surface area contributed by atoms with Crippen molar-refractivity contribution in [3.63, 3.8) is 0 Å². The lowest BCUT2D eigenvalue weighted by molar-refractivity contribution is 0.0292. The third kappa shape index (κ3) is 6.42. The molecule has 0 spiro atoms. The van der Waals surface area contributed by atoms with Crippen LogP contribution in [-0.2, 0) is 9.47 Å². The Morgan fingerprint density at radius 3 is 2.94 bits per heavy atom. The van der Waals surface area contributed by atoms with Gasteiger partial charge in [-0.25, -0.2) is 4.79 Å². The molecule has 1 aromatic rings. The van der Waals surface area contributed by atoms with Crippen molar-refractivity contribution < 1.29 is 18.7 Å². The topological polar surface area (TPSA) is 60.7 Å². The molecule has 0 saturated heterocycles. The van der Waals surface area contributed by atoms with E-state index in [1.165, 1.54) is 19.1 Å².